The van der Waals surface area contributed by atoms with E-state index < -0.39 is 40.2 Å². The lowest BCUT2D eigenvalue weighted by molar-refractivity contribution is -0.139. The third kappa shape index (κ3) is 6.58. The summed E-state index contributed by atoms with van der Waals surface area (Å²) < 4.78 is 50.0. The van der Waals surface area contributed by atoms with Crippen LogP contribution in [0.4, 0.5) is 10.1 Å². The Morgan fingerprint density at radius 1 is 1.09 bits per heavy atom. The summed E-state index contributed by atoms with van der Waals surface area (Å²) in [7, 11) is 0.305. The molecule has 0 radical (unpaired) electrons. The van der Waals surface area contributed by atoms with Crippen LogP contribution in [-0.4, -0.2) is 65.2 Å². The van der Waals surface area contributed by atoms with Crippen molar-refractivity contribution in [3.63, 3.8) is 0 Å². The van der Waals surface area contributed by atoms with Crippen LogP contribution in [0, 0.1) is 5.82 Å². The van der Waals surface area contributed by atoms with Crippen LogP contribution in [0.2, 0.25) is 0 Å². The first-order chi connectivity index (χ1) is 15.5. The number of anilines is 1. The maximum Gasteiger partial charge on any atom is 0.244 e. The molecule has 0 saturated carbocycles. The van der Waals surface area contributed by atoms with Gasteiger partial charge in [0.25, 0.3) is 0 Å². The molecule has 0 saturated heterocycles. The number of carbonyl (C=O) groups excluding carboxylic acids is 2. The Hall–Kier alpha value is -3.34. The van der Waals surface area contributed by atoms with E-state index in [9.17, 15) is 22.4 Å². The number of nitrogens with zero attached hydrogens (tertiary/aromatic N) is 2. The molecule has 2 amide bonds. The van der Waals surface area contributed by atoms with E-state index in [0.29, 0.717) is 11.3 Å². The Bertz CT molecular complexity index is 1090. The molecule has 180 valence electrons. The van der Waals surface area contributed by atoms with Crippen molar-refractivity contribution in [3.8, 4) is 11.5 Å². The molecule has 1 atom stereocenters. The Kier molecular flexibility index (Phi) is 8.63. The molecular formula is C22H28FN3O6S. The first-order valence-electron chi connectivity index (χ1n) is 9.97. The second kappa shape index (κ2) is 11.0. The van der Waals surface area contributed by atoms with E-state index in [4.69, 9.17) is 9.47 Å². The second-order valence-electron chi connectivity index (χ2n) is 7.25. The van der Waals surface area contributed by atoms with Gasteiger partial charge in [-0.05, 0) is 36.8 Å². The summed E-state index contributed by atoms with van der Waals surface area (Å²) in [6.07, 6.45) is 0.964. The van der Waals surface area contributed by atoms with Gasteiger partial charge in [0.15, 0.2) is 0 Å². The molecule has 0 aliphatic carbocycles. The molecule has 2 aromatic rings. The highest BCUT2D eigenvalue weighted by Crippen LogP contribution is 2.33. The first-order valence-corrected chi connectivity index (χ1v) is 11.8. The van der Waals surface area contributed by atoms with Crippen molar-refractivity contribution in [2.45, 2.75) is 19.5 Å². The van der Waals surface area contributed by atoms with Gasteiger partial charge in [-0.1, -0.05) is 12.1 Å². The van der Waals surface area contributed by atoms with E-state index in [0.717, 1.165) is 10.6 Å². The number of benzene rings is 2. The zero-order valence-corrected chi connectivity index (χ0v) is 20.0. The number of amides is 2. The number of hydrogen-bond donors (Lipinski definition) is 1. The minimum atomic E-state index is -3.93. The van der Waals surface area contributed by atoms with E-state index in [1.807, 2.05) is 0 Å². The molecular weight excluding hydrogens is 453 g/mol. The van der Waals surface area contributed by atoms with Crippen molar-refractivity contribution in [3.05, 3.63) is 53.8 Å². The Balaban J connectivity index is 2.46. The van der Waals surface area contributed by atoms with Crippen molar-refractivity contribution in [2.75, 3.05) is 38.4 Å². The molecule has 1 N–H and O–H groups in total. The highest BCUT2D eigenvalue weighted by molar-refractivity contribution is 7.92. The van der Waals surface area contributed by atoms with Gasteiger partial charge in [-0.15, -0.1) is 0 Å². The van der Waals surface area contributed by atoms with E-state index in [1.165, 1.54) is 69.5 Å². The highest BCUT2D eigenvalue weighted by Gasteiger charge is 2.31. The number of rotatable bonds is 10. The third-order valence-corrected chi connectivity index (χ3v) is 6.14. The highest BCUT2D eigenvalue weighted by atomic mass is 32.2. The van der Waals surface area contributed by atoms with Crippen LogP contribution in [0.25, 0.3) is 0 Å². The van der Waals surface area contributed by atoms with Crippen molar-refractivity contribution in [1.29, 1.82) is 0 Å². The smallest absolute Gasteiger partial charge is 0.244 e. The molecule has 2 rings (SSSR count). The largest absolute Gasteiger partial charge is 0.497 e. The van der Waals surface area contributed by atoms with Gasteiger partial charge < -0.3 is 19.7 Å². The standard InChI is InChI=1S/C22H28FN3O6S/c1-15(22(28)24-2)25(13-16-6-8-17(23)9-7-16)21(27)14-26(33(5,29)30)19-12-18(31-3)10-11-20(19)32-4/h6-12,15H,13-14H2,1-5H3,(H,24,28)/t15-/m0/s1. The van der Waals surface area contributed by atoms with Crippen LogP contribution in [0.15, 0.2) is 42.5 Å². The fourth-order valence-electron chi connectivity index (χ4n) is 3.16. The molecule has 0 unspecified atom stereocenters. The summed E-state index contributed by atoms with van der Waals surface area (Å²) in [5.41, 5.74) is 0.687. The van der Waals surface area contributed by atoms with E-state index >= 15 is 0 Å². The fraction of sp³-hybridized carbons (Fsp3) is 0.364. The van der Waals surface area contributed by atoms with Crippen LogP contribution in [-0.2, 0) is 26.2 Å². The molecule has 0 aromatic heterocycles. The zero-order chi connectivity index (χ0) is 24.8. The second-order valence-corrected chi connectivity index (χ2v) is 9.15. The number of carbonyl (C=O) groups is 2. The Morgan fingerprint density at radius 2 is 1.73 bits per heavy atom. The van der Waals surface area contributed by atoms with Gasteiger partial charge in [0.05, 0.1) is 26.2 Å². The first kappa shape index (κ1) is 25.9. The summed E-state index contributed by atoms with van der Waals surface area (Å²) >= 11 is 0. The molecule has 0 fully saturated rings. The predicted molar refractivity (Wildman–Crippen MR) is 122 cm³/mol. The predicted octanol–water partition coefficient (Wildman–Crippen LogP) is 1.77. The number of ether oxygens (including phenoxy) is 2. The molecule has 33 heavy (non-hydrogen) atoms. The molecule has 0 aliphatic rings. The van der Waals surface area contributed by atoms with Gasteiger partial charge >= 0.3 is 0 Å². The van der Waals surface area contributed by atoms with Crippen LogP contribution in [0.1, 0.15) is 12.5 Å². The molecule has 0 spiro atoms. The molecule has 0 bridgehead atoms. The van der Waals surface area contributed by atoms with Crippen molar-refractivity contribution >= 4 is 27.5 Å². The number of nitrogens with one attached hydrogen (secondary N) is 1. The molecule has 2 aromatic carbocycles. The Morgan fingerprint density at radius 3 is 2.24 bits per heavy atom. The zero-order valence-electron chi connectivity index (χ0n) is 19.2. The summed E-state index contributed by atoms with van der Waals surface area (Å²) in [6, 6.07) is 9.12. The summed E-state index contributed by atoms with van der Waals surface area (Å²) in [4.78, 5) is 26.9. The van der Waals surface area contributed by atoms with E-state index in [2.05, 4.69) is 5.32 Å². The molecule has 11 heteroatoms. The summed E-state index contributed by atoms with van der Waals surface area (Å²) in [5.74, 6) is -0.919. The summed E-state index contributed by atoms with van der Waals surface area (Å²) in [6.45, 7) is 0.905. The van der Waals surface area contributed by atoms with E-state index in [-0.39, 0.29) is 18.0 Å². The summed E-state index contributed by atoms with van der Waals surface area (Å²) in [5, 5.41) is 2.48. The van der Waals surface area contributed by atoms with Gasteiger partial charge in [-0.2, -0.15) is 0 Å². The van der Waals surface area contributed by atoms with Crippen molar-refractivity contribution in [1.82, 2.24) is 10.2 Å². The molecule has 0 heterocycles. The van der Waals surface area contributed by atoms with E-state index in [1.54, 1.807) is 6.07 Å². The number of halogens is 1. The van der Waals surface area contributed by atoms with Gasteiger partial charge in [-0.3, -0.25) is 13.9 Å². The topological polar surface area (TPSA) is 105 Å². The average molecular weight is 482 g/mol. The maximum absolute atomic E-state index is 13.4. The number of hydrogen-bond acceptors (Lipinski definition) is 6. The quantitative estimate of drug-likeness (QED) is 0.555. The van der Waals surface area contributed by atoms with Crippen LogP contribution >= 0.6 is 0 Å². The third-order valence-electron chi connectivity index (χ3n) is 5.01. The molecule has 0 aliphatic heterocycles. The van der Waals surface area contributed by atoms with Gasteiger partial charge in [-0.25, -0.2) is 12.8 Å². The average Bonchev–Trinajstić information content (AvgIpc) is 2.79. The number of likely N-dealkylation sites (N-methyl/N-ethyl adjacent to an activating group) is 1. The van der Waals surface area contributed by atoms with Crippen LogP contribution in [0.5, 0.6) is 11.5 Å². The monoisotopic (exact) mass is 481 g/mol. The van der Waals surface area contributed by atoms with Crippen LogP contribution < -0.4 is 19.1 Å². The Labute approximate surface area is 193 Å². The lowest BCUT2D eigenvalue weighted by Crippen LogP contribution is -2.50. The van der Waals surface area contributed by atoms with Gasteiger partial charge in [0, 0.05) is 19.7 Å². The normalized spacial score (nSPS) is 11.9. The van der Waals surface area contributed by atoms with Gasteiger partial charge in [0.2, 0.25) is 21.8 Å². The lowest BCUT2D eigenvalue weighted by atomic mass is 10.1. The lowest BCUT2D eigenvalue weighted by Gasteiger charge is -2.31. The molecule has 9 nitrogen and oxygen atoms in total. The number of methoxy groups -OCH3 is 2. The number of sulfonamides is 1. The SMILES string of the molecule is CNC(=O)[C@H](C)N(Cc1ccc(F)cc1)C(=O)CN(c1cc(OC)ccc1OC)S(C)(=O)=O. The van der Waals surface area contributed by atoms with Crippen molar-refractivity contribution in [2.24, 2.45) is 0 Å². The van der Waals surface area contributed by atoms with Crippen LogP contribution in [0.3, 0.4) is 0 Å². The minimum absolute atomic E-state index is 0.0272. The van der Waals surface area contributed by atoms with Gasteiger partial charge in [0.1, 0.15) is 29.9 Å². The van der Waals surface area contributed by atoms with Crippen molar-refractivity contribution < 1.29 is 31.9 Å². The maximum atomic E-state index is 13.4. The fourth-order valence-corrected chi connectivity index (χ4v) is 4.01. The minimum Gasteiger partial charge on any atom is -0.497 e.